The molecule has 0 fully saturated rings. The van der Waals surface area contributed by atoms with Gasteiger partial charge in [0.2, 0.25) is 0 Å². The number of terminal acetylenes is 1. The van der Waals surface area contributed by atoms with E-state index >= 15 is 0 Å². The van der Waals surface area contributed by atoms with Crippen LogP contribution in [-0.2, 0) is 4.79 Å². The van der Waals surface area contributed by atoms with Gasteiger partial charge in [0, 0.05) is 0 Å². The molecule has 0 aliphatic heterocycles. The summed E-state index contributed by atoms with van der Waals surface area (Å²) < 4.78 is 11.0. The predicted molar refractivity (Wildman–Crippen MR) is 109 cm³/mol. The number of benzene rings is 2. The zero-order valence-corrected chi connectivity index (χ0v) is 15.9. The fourth-order valence-corrected chi connectivity index (χ4v) is 2.54. The third-order valence-electron chi connectivity index (χ3n) is 3.90. The van der Waals surface area contributed by atoms with Gasteiger partial charge in [-0.15, -0.1) is 6.42 Å². The molecule has 1 amide bonds. The molecule has 5 nitrogen and oxygen atoms in total. The quantitative estimate of drug-likeness (QED) is 0.432. The monoisotopic (exact) mass is 374 g/mol. The van der Waals surface area contributed by atoms with Crippen molar-refractivity contribution >= 4 is 12.0 Å². The molecule has 142 valence electrons. The first kappa shape index (κ1) is 20.6. The number of hydrogen-bond donors (Lipinski definition) is 1. The van der Waals surface area contributed by atoms with E-state index in [1.165, 1.54) is 6.08 Å². The molecule has 2 aromatic rings. The van der Waals surface area contributed by atoms with Crippen LogP contribution >= 0.6 is 0 Å². The minimum atomic E-state index is -0.440. The average molecular weight is 374 g/mol. The first-order valence-electron chi connectivity index (χ1n) is 8.89. The molecule has 0 unspecified atom stereocenters. The van der Waals surface area contributed by atoms with Crippen LogP contribution in [0, 0.1) is 23.7 Å². The molecule has 1 N–H and O–H groups in total. The average Bonchev–Trinajstić information content (AvgIpc) is 2.72. The third kappa shape index (κ3) is 5.65. The molecule has 0 spiro atoms. The Labute approximate surface area is 165 Å². The smallest absolute Gasteiger partial charge is 0.262 e. The summed E-state index contributed by atoms with van der Waals surface area (Å²) in [5.74, 6) is 2.98. The zero-order valence-electron chi connectivity index (χ0n) is 15.9. The van der Waals surface area contributed by atoms with E-state index in [9.17, 15) is 10.1 Å². The number of nitrogens with one attached hydrogen (secondary N) is 1. The van der Waals surface area contributed by atoms with Crippen LogP contribution in [0.25, 0.3) is 6.08 Å². The summed E-state index contributed by atoms with van der Waals surface area (Å²) in [7, 11) is 0. The highest BCUT2D eigenvalue weighted by Crippen LogP contribution is 2.29. The van der Waals surface area contributed by atoms with Gasteiger partial charge in [0.1, 0.15) is 18.2 Å². The highest BCUT2D eigenvalue weighted by Gasteiger charge is 2.14. The highest BCUT2D eigenvalue weighted by atomic mass is 16.5. The van der Waals surface area contributed by atoms with Gasteiger partial charge in [-0.2, -0.15) is 5.26 Å². The summed E-state index contributed by atoms with van der Waals surface area (Å²) in [6.45, 7) is 4.29. The maximum absolute atomic E-state index is 12.5. The van der Waals surface area contributed by atoms with E-state index in [0.717, 1.165) is 5.56 Å². The second kappa shape index (κ2) is 10.4. The molecule has 0 aromatic heterocycles. The van der Waals surface area contributed by atoms with Crippen LogP contribution in [0.3, 0.4) is 0 Å². The maximum Gasteiger partial charge on any atom is 0.262 e. The summed E-state index contributed by atoms with van der Waals surface area (Å²) in [6.07, 6.45) is 6.74. The van der Waals surface area contributed by atoms with Crippen LogP contribution in [0.1, 0.15) is 31.0 Å². The molecule has 0 aliphatic carbocycles. The Morgan fingerprint density at radius 3 is 2.61 bits per heavy atom. The van der Waals surface area contributed by atoms with Crippen LogP contribution in [0.5, 0.6) is 11.5 Å². The third-order valence-corrected chi connectivity index (χ3v) is 3.90. The van der Waals surface area contributed by atoms with Gasteiger partial charge in [0.15, 0.2) is 11.5 Å². The number of nitriles is 1. The topological polar surface area (TPSA) is 71.3 Å². The number of carbonyl (C=O) groups excluding carboxylic acids is 1. The van der Waals surface area contributed by atoms with E-state index in [-0.39, 0.29) is 18.2 Å². The fourth-order valence-electron chi connectivity index (χ4n) is 2.54. The van der Waals surface area contributed by atoms with E-state index in [4.69, 9.17) is 15.9 Å². The standard InChI is InChI=1S/C23H22N2O3/c1-4-13-28-21-12-11-18(15-22(21)27-5-2)14-20(16-24)23(26)25-17(3)19-9-7-6-8-10-19/h1,6-12,14-15,17H,5,13H2,2-3H3,(H,25,26)/b20-14-/t17-/m1/s1. The number of carbonyl (C=O) groups is 1. The van der Waals surface area contributed by atoms with E-state index in [1.807, 2.05) is 50.2 Å². The van der Waals surface area contributed by atoms with Crippen LogP contribution < -0.4 is 14.8 Å². The lowest BCUT2D eigenvalue weighted by Gasteiger charge is -2.14. The van der Waals surface area contributed by atoms with Crippen molar-refractivity contribution in [2.24, 2.45) is 0 Å². The Morgan fingerprint density at radius 1 is 1.21 bits per heavy atom. The van der Waals surface area contributed by atoms with E-state index in [1.54, 1.807) is 18.2 Å². The van der Waals surface area contributed by atoms with Crippen molar-refractivity contribution in [1.82, 2.24) is 5.32 Å². The molecule has 1 atom stereocenters. The molecule has 0 heterocycles. The molecule has 0 saturated heterocycles. The molecule has 0 radical (unpaired) electrons. The van der Waals surface area contributed by atoms with Crippen LogP contribution in [0.2, 0.25) is 0 Å². The van der Waals surface area contributed by atoms with Crippen molar-refractivity contribution in [3.05, 3.63) is 65.2 Å². The Balaban J connectivity index is 2.21. The summed E-state index contributed by atoms with van der Waals surface area (Å²) in [5, 5.41) is 12.3. The van der Waals surface area contributed by atoms with Gasteiger partial charge in [0.25, 0.3) is 5.91 Å². The number of nitrogens with zero attached hydrogens (tertiary/aromatic N) is 1. The van der Waals surface area contributed by atoms with Gasteiger partial charge in [0.05, 0.1) is 12.6 Å². The minimum Gasteiger partial charge on any atom is -0.490 e. The summed E-state index contributed by atoms with van der Waals surface area (Å²) in [6, 6.07) is 16.4. The van der Waals surface area contributed by atoms with Gasteiger partial charge >= 0.3 is 0 Å². The first-order chi connectivity index (χ1) is 13.6. The Bertz CT molecular complexity index is 921. The molecule has 28 heavy (non-hydrogen) atoms. The van der Waals surface area contributed by atoms with E-state index in [2.05, 4.69) is 11.2 Å². The number of hydrogen-bond acceptors (Lipinski definition) is 4. The zero-order chi connectivity index (χ0) is 20.4. The maximum atomic E-state index is 12.5. The SMILES string of the molecule is C#CCOc1ccc(/C=C(/C#N)C(=O)N[C@H](C)c2ccccc2)cc1OCC. The second-order valence-corrected chi connectivity index (χ2v) is 5.91. The Kier molecular flexibility index (Phi) is 7.69. The van der Waals surface area contributed by atoms with Crippen LogP contribution in [0.4, 0.5) is 0 Å². The lowest BCUT2D eigenvalue weighted by Crippen LogP contribution is -2.27. The van der Waals surface area contributed by atoms with Crippen LogP contribution in [-0.4, -0.2) is 19.1 Å². The van der Waals surface area contributed by atoms with Crippen LogP contribution in [0.15, 0.2) is 54.1 Å². The van der Waals surface area contributed by atoms with Crippen molar-refractivity contribution in [2.45, 2.75) is 19.9 Å². The molecule has 5 heteroatoms. The number of amides is 1. The molecular formula is C23H22N2O3. The Hall–Kier alpha value is -3.70. The predicted octanol–water partition coefficient (Wildman–Crippen LogP) is 3.88. The van der Waals surface area contributed by atoms with Crippen molar-refractivity contribution in [2.75, 3.05) is 13.2 Å². The lowest BCUT2D eigenvalue weighted by molar-refractivity contribution is -0.117. The minimum absolute atomic E-state index is 0.00234. The molecule has 2 aromatic carbocycles. The first-order valence-corrected chi connectivity index (χ1v) is 8.89. The van der Waals surface area contributed by atoms with Gasteiger partial charge in [-0.25, -0.2) is 0 Å². The molecule has 0 saturated carbocycles. The van der Waals surface area contributed by atoms with Gasteiger partial charge in [-0.3, -0.25) is 4.79 Å². The van der Waals surface area contributed by atoms with E-state index in [0.29, 0.717) is 23.7 Å². The number of rotatable bonds is 8. The lowest BCUT2D eigenvalue weighted by atomic mass is 10.1. The van der Waals surface area contributed by atoms with Crippen molar-refractivity contribution < 1.29 is 14.3 Å². The van der Waals surface area contributed by atoms with Crippen molar-refractivity contribution in [1.29, 1.82) is 5.26 Å². The normalized spacial score (nSPS) is 11.6. The summed E-state index contributed by atoms with van der Waals surface area (Å²) in [4.78, 5) is 12.5. The fraction of sp³-hybridized carbons (Fsp3) is 0.217. The highest BCUT2D eigenvalue weighted by molar-refractivity contribution is 6.01. The van der Waals surface area contributed by atoms with Gasteiger partial charge in [-0.05, 0) is 43.2 Å². The largest absolute Gasteiger partial charge is 0.490 e. The molecule has 0 aliphatic rings. The van der Waals surface area contributed by atoms with E-state index < -0.39 is 5.91 Å². The molecule has 0 bridgehead atoms. The van der Waals surface area contributed by atoms with Gasteiger partial charge < -0.3 is 14.8 Å². The Morgan fingerprint density at radius 2 is 1.96 bits per heavy atom. The summed E-state index contributed by atoms with van der Waals surface area (Å²) >= 11 is 0. The van der Waals surface area contributed by atoms with Crippen molar-refractivity contribution in [3.8, 4) is 29.9 Å². The summed E-state index contributed by atoms with van der Waals surface area (Å²) in [5.41, 5.74) is 1.61. The molecular weight excluding hydrogens is 352 g/mol. The van der Waals surface area contributed by atoms with Gasteiger partial charge in [-0.1, -0.05) is 42.3 Å². The second-order valence-electron chi connectivity index (χ2n) is 5.91. The molecule has 2 rings (SSSR count). The van der Waals surface area contributed by atoms with Crippen molar-refractivity contribution in [3.63, 3.8) is 0 Å². The number of ether oxygens (including phenoxy) is 2.